The second-order valence-electron chi connectivity index (χ2n) is 3.44. The van der Waals surface area contributed by atoms with Crippen LogP contribution in [0.1, 0.15) is 0 Å². The minimum atomic E-state index is -0.858. The van der Waals surface area contributed by atoms with Gasteiger partial charge in [0.1, 0.15) is 12.9 Å². The highest BCUT2D eigenvalue weighted by Crippen LogP contribution is 2.10. The fourth-order valence-corrected chi connectivity index (χ4v) is 1.46. The van der Waals surface area contributed by atoms with Gasteiger partial charge in [0.15, 0.2) is 0 Å². The van der Waals surface area contributed by atoms with E-state index in [1.54, 1.807) is 0 Å². The van der Waals surface area contributed by atoms with E-state index in [4.69, 9.17) is 0 Å². The van der Waals surface area contributed by atoms with Crippen molar-refractivity contribution in [1.82, 2.24) is 25.1 Å². The SMILES string of the molecule is O=C(Cn1cnnn1)N1CC(O)C(O)C1. The maximum atomic E-state index is 11.6. The quantitative estimate of drug-likeness (QED) is 0.551. The predicted molar refractivity (Wildman–Crippen MR) is 46.4 cm³/mol. The smallest absolute Gasteiger partial charge is 0.244 e. The summed E-state index contributed by atoms with van der Waals surface area (Å²) in [5.74, 6) is -0.224. The average molecular weight is 213 g/mol. The van der Waals surface area contributed by atoms with Gasteiger partial charge < -0.3 is 15.1 Å². The van der Waals surface area contributed by atoms with Crippen LogP contribution in [0.5, 0.6) is 0 Å². The molecule has 0 spiro atoms. The van der Waals surface area contributed by atoms with Crippen LogP contribution in [0.15, 0.2) is 6.33 Å². The van der Waals surface area contributed by atoms with Crippen LogP contribution >= 0.6 is 0 Å². The zero-order valence-corrected chi connectivity index (χ0v) is 7.89. The molecule has 0 aromatic carbocycles. The zero-order valence-electron chi connectivity index (χ0n) is 7.89. The van der Waals surface area contributed by atoms with Gasteiger partial charge >= 0.3 is 0 Å². The lowest BCUT2D eigenvalue weighted by molar-refractivity contribution is -0.131. The minimum absolute atomic E-state index is 0.0203. The Labute approximate surface area is 85.1 Å². The molecule has 0 radical (unpaired) electrons. The normalized spacial score (nSPS) is 25.9. The second-order valence-corrected chi connectivity index (χ2v) is 3.44. The molecule has 1 aliphatic rings. The summed E-state index contributed by atoms with van der Waals surface area (Å²) in [6.07, 6.45) is -0.383. The molecule has 1 aliphatic heterocycles. The number of likely N-dealkylation sites (tertiary alicyclic amines) is 1. The average Bonchev–Trinajstić information content (AvgIpc) is 2.78. The molecule has 1 amide bonds. The summed E-state index contributed by atoms with van der Waals surface area (Å²) in [6.45, 7) is 0.330. The number of aliphatic hydroxyl groups is 2. The van der Waals surface area contributed by atoms with Gasteiger partial charge in [0, 0.05) is 13.1 Å². The van der Waals surface area contributed by atoms with Gasteiger partial charge in [0.25, 0.3) is 0 Å². The molecular formula is C7H11N5O3. The molecule has 1 aromatic rings. The standard InChI is InChI=1S/C7H11N5O3/c13-5-1-11(2-6(5)14)7(15)3-12-4-8-9-10-12/h4-6,13-14H,1-3H2. The molecule has 2 unspecified atom stereocenters. The number of aliphatic hydroxyl groups excluding tert-OH is 2. The Balaban J connectivity index is 1.92. The van der Waals surface area contributed by atoms with E-state index < -0.39 is 12.2 Å². The number of tetrazole rings is 1. The first kappa shape index (κ1) is 9.99. The van der Waals surface area contributed by atoms with Crippen molar-refractivity contribution in [2.45, 2.75) is 18.8 Å². The Morgan fingerprint density at radius 3 is 2.60 bits per heavy atom. The van der Waals surface area contributed by atoms with E-state index in [0.29, 0.717) is 0 Å². The van der Waals surface area contributed by atoms with Crippen LogP contribution in [0.3, 0.4) is 0 Å². The Hall–Kier alpha value is -1.54. The van der Waals surface area contributed by atoms with E-state index >= 15 is 0 Å². The first-order valence-electron chi connectivity index (χ1n) is 4.51. The first-order chi connectivity index (χ1) is 7.16. The molecular weight excluding hydrogens is 202 g/mol. The monoisotopic (exact) mass is 213 g/mol. The number of nitrogens with zero attached hydrogens (tertiary/aromatic N) is 5. The van der Waals surface area contributed by atoms with Gasteiger partial charge in [0.2, 0.25) is 5.91 Å². The molecule has 2 heterocycles. The highest BCUT2D eigenvalue weighted by Gasteiger charge is 2.32. The highest BCUT2D eigenvalue weighted by atomic mass is 16.3. The van der Waals surface area contributed by atoms with Crippen molar-refractivity contribution >= 4 is 5.91 Å². The van der Waals surface area contributed by atoms with Gasteiger partial charge in [-0.1, -0.05) is 0 Å². The molecule has 2 atom stereocenters. The second kappa shape index (κ2) is 3.91. The van der Waals surface area contributed by atoms with E-state index in [9.17, 15) is 15.0 Å². The Kier molecular flexibility index (Phi) is 2.60. The van der Waals surface area contributed by atoms with Crippen LogP contribution in [-0.4, -0.2) is 66.5 Å². The summed E-state index contributed by atoms with van der Waals surface area (Å²) in [4.78, 5) is 13.0. The fraction of sp³-hybridized carbons (Fsp3) is 0.714. The van der Waals surface area contributed by atoms with Gasteiger partial charge in [-0.15, -0.1) is 5.10 Å². The number of rotatable bonds is 2. The molecule has 0 bridgehead atoms. The summed E-state index contributed by atoms with van der Waals surface area (Å²) < 4.78 is 1.29. The van der Waals surface area contributed by atoms with Gasteiger partial charge in [-0.3, -0.25) is 4.79 Å². The van der Waals surface area contributed by atoms with E-state index in [-0.39, 0.29) is 25.5 Å². The third-order valence-corrected chi connectivity index (χ3v) is 2.30. The van der Waals surface area contributed by atoms with E-state index in [0.717, 1.165) is 0 Å². The lowest BCUT2D eigenvalue weighted by Gasteiger charge is -2.14. The molecule has 2 N–H and O–H groups in total. The number of β-amino-alcohol motifs (C(OH)–C–C–N with tert-alkyl or cyclic N) is 2. The summed E-state index contributed by atoms with van der Waals surface area (Å²) in [5.41, 5.74) is 0. The van der Waals surface area contributed by atoms with Crippen molar-refractivity contribution in [3.63, 3.8) is 0 Å². The molecule has 1 fully saturated rings. The fourth-order valence-electron chi connectivity index (χ4n) is 1.46. The zero-order chi connectivity index (χ0) is 10.8. The third-order valence-electron chi connectivity index (χ3n) is 2.30. The summed E-state index contributed by atoms with van der Waals surface area (Å²) in [6, 6.07) is 0. The number of hydrogen-bond donors (Lipinski definition) is 2. The van der Waals surface area contributed by atoms with Crippen molar-refractivity contribution in [2.24, 2.45) is 0 Å². The van der Waals surface area contributed by atoms with E-state index in [1.807, 2.05) is 0 Å². The topological polar surface area (TPSA) is 104 Å². The molecule has 1 aromatic heterocycles. The van der Waals surface area contributed by atoms with Crippen LogP contribution < -0.4 is 0 Å². The van der Waals surface area contributed by atoms with Gasteiger partial charge in [0.05, 0.1) is 12.2 Å². The van der Waals surface area contributed by atoms with Gasteiger partial charge in [-0.2, -0.15) is 0 Å². The molecule has 8 heteroatoms. The van der Waals surface area contributed by atoms with Gasteiger partial charge in [-0.25, -0.2) is 4.68 Å². The van der Waals surface area contributed by atoms with Crippen LogP contribution in [-0.2, 0) is 11.3 Å². The van der Waals surface area contributed by atoms with Crippen molar-refractivity contribution in [3.05, 3.63) is 6.33 Å². The van der Waals surface area contributed by atoms with Crippen molar-refractivity contribution in [1.29, 1.82) is 0 Å². The lowest BCUT2D eigenvalue weighted by atomic mass is 10.3. The largest absolute Gasteiger partial charge is 0.388 e. The number of hydrogen-bond acceptors (Lipinski definition) is 6. The Bertz CT molecular complexity index is 330. The first-order valence-corrected chi connectivity index (χ1v) is 4.51. The molecule has 1 saturated heterocycles. The van der Waals surface area contributed by atoms with Crippen molar-refractivity contribution < 1.29 is 15.0 Å². The minimum Gasteiger partial charge on any atom is -0.388 e. The number of aromatic nitrogens is 4. The number of carbonyl (C=O) groups is 1. The molecule has 15 heavy (non-hydrogen) atoms. The lowest BCUT2D eigenvalue weighted by Crippen LogP contribution is -2.33. The molecule has 0 saturated carbocycles. The Morgan fingerprint density at radius 1 is 1.40 bits per heavy atom. The van der Waals surface area contributed by atoms with Crippen molar-refractivity contribution in [3.8, 4) is 0 Å². The summed E-state index contributed by atoms with van der Waals surface area (Å²) in [5, 5.41) is 28.8. The molecule has 2 rings (SSSR count). The van der Waals surface area contributed by atoms with Crippen LogP contribution in [0.25, 0.3) is 0 Å². The predicted octanol–water partition coefficient (Wildman–Crippen LogP) is -2.76. The van der Waals surface area contributed by atoms with Crippen LogP contribution in [0.2, 0.25) is 0 Å². The van der Waals surface area contributed by atoms with E-state index in [1.165, 1.54) is 15.9 Å². The molecule has 0 aliphatic carbocycles. The maximum absolute atomic E-state index is 11.6. The maximum Gasteiger partial charge on any atom is 0.244 e. The van der Waals surface area contributed by atoms with Crippen LogP contribution in [0, 0.1) is 0 Å². The van der Waals surface area contributed by atoms with Crippen LogP contribution in [0.4, 0.5) is 0 Å². The summed E-state index contributed by atoms with van der Waals surface area (Å²) >= 11 is 0. The van der Waals surface area contributed by atoms with Gasteiger partial charge in [-0.05, 0) is 10.4 Å². The van der Waals surface area contributed by atoms with Crippen molar-refractivity contribution in [2.75, 3.05) is 13.1 Å². The summed E-state index contributed by atoms with van der Waals surface area (Å²) in [7, 11) is 0. The molecule has 8 nitrogen and oxygen atoms in total. The van der Waals surface area contributed by atoms with E-state index in [2.05, 4.69) is 15.5 Å². The Morgan fingerprint density at radius 2 is 2.07 bits per heavy atom. The molecule has 82 valence electrons. The highest BCUT2D eigenvalue weighted by molar-refractivity contribution is 5.76. The number of amides is 1. The third kappa shape index (κ3) is 2.10. The number of carbonyl (C=O) groups excluding carboxylic acids is 1.